The Kier molecular flexibility index (Phi) is 9.32. The summed E-state index contributed by atoms with van der Waals surface area (Å²) >= 11 is 1.26. The molecule has 14 rings (SSSR count). The van der Waals surface area contributed by atoms with E-state index in [0.29, 0.717) is 0 Å². The average Bonchev–Trinajstić information content (AvgIpc) is 4.16. The standard InChI is InChI=1S/C64H41N5S/c1-3-14-42(15-4-1)44-26-32-48(33-27-44)67(50-19-13-20-51(41-50)69-57-24-11-9-22-54(57)55-23-10-12-25-58(55)69)61-39-36-53(63-64(61)66-70-65-63)46-28-34-49(35-29-46)68-59-37-31-47(43-16-5-2-6-17-43)40-56(59)62-52-21-8-7-18-45(52)30-38-60(62)68/h1-41H. The molecular weight excluding hydrogens is 871 g/mol. The molecule has 0 fully saturated rings. The van der Waals surface area contributed by atoms with Gasteiger partial charge in [0.15, 0.2) is 0 Å². The maximum atomic E-state index is 5.06. The van der Waals surface area contributed by atoms with Gasteiger partial charge in [0.2, 0.25) is 0 Å². The van der Waals surface area contributed by atoms with Gasteiger partial charge in [0, 0.05) is 49.9 Å². The van der Waals surface area contributed by atoms with Crippen molar-refractivity contribution >= 4 is 94.2 Å². The van der Waals surface area contributed by atoms with Gasteiger partial charge in [-0.15, -0.1) is 0 Å². The summed E-state index contributed by atoms with van der Waals surface area (Å²) in [6.07, 6.45) is 0. The average molecular weight is 912 g/mol. The van der Waals surface area contributed by atoms with E-state index in [-0.39, 0.29) is 0 Å². The Hall–Kier alpha value is -9.10. The highest BCUT2D eigenvalue weighted by molar-refractivity contribution is 7.00. The summed E-state index contributed by atoms with van der Waals surface area (Å²) in [5.41, 5.74) is 18.5. The lowest BCUT2D eigenvalue weighted by atomic mass is 10.0. The fraction of sp³-hybridized carbons (Fsp3) is 0. The SMILES string of the molecule is c1ccc(-c2ccc(N(c3cccc(-n4c5ccccc5c5ccccc54)c3)c3ccc(-c4ccc(-n5c6ccc(-c7ccccc7)cc6c6c7ccccc7ccc65)cc4)c4nsnc34)cc2)cc1. The molecule has 328 valence electrons. The van der Waals surface area contributed by atoms with Crippen molar-refractivity contribution in [1.29, 1.82) is 0 Å². The number of hydrogen-bond acceptors (Lipinski definition) is 4. The Morgan fingerprint density at radius 2 is 0.900 bits per heavy atom. The predicted molar refractivity (Wildman–Crippen MR) is 295 cm³/mol. The summed E-state index contributed by atoms with van der Waals surface area (Å²) in [5, 5.41) is 7.46. The van der Waals surface area contributed by atoms with E-state index in [1.54, 1.807) is 0 Å². The van der Waals surface area contributed by atoms with E-state index >= 15 is 0 Å². The number of para-hydroxylation sites is 2. The van der Waals surface area contributed by atoms with Crippen molar-refractivity contribution in [1.82, 2.24) is 17.9 Å². The molecule has 3 aromatic heterocycles. The maximum absolute atomic E-state index is 5.06. The summed E-state index contributed by atoms with van der Waals surface area (Å²) in [6, 6.07) is 89.8. The Morgan fingerprint density at radius 1 is 0.329 bits per heavy atom. The number of anilines is 3. The first kappa shape index (κ1) is 40.0. The smallest absolute Gasteiger partial charge is 0.129 e. The first-order valence-electron chi connectivity index (χ1n) is 23.7. The van der Waals surface area contributed by atoms with Crippen molar-refractivity contribution in [2.24, 2.45) is 0 Å². The molecular formula is C64H41N5S. The lowest BCUT2D eigenvalue weighted by Crippen LogP contribution is -2.11. The van der Waals surface area contributed by atoms with Gasteiger partial charge in [0.05, 0.1) is 39.5 Å². The zero-order valence-electron chi connectivity index (χ0n) is 37.8. The van der Waals surface area contributed by atoms with Gasteiger partial charge in [-0.1, -0.05) is 164 Å². The molecule has 11 aromatic carbocycles. The molecule has 0 radical (unpaired) electrons. The normalized spacial score (nSPS) is 11.7. The molecule has 0 aliphatic carbocycles. The fourth-order valence-electron chi connectivity index (χ4n) is 10.8. The summed E-state index contributed by atoms with van der Waals surface area (Å²) < 4.78 is 14.9. The van der Waals surface area contributed by atoms with E-state index < -0.39 is 0 Å². The predicted octanol–water partition coefficient (Wildman–Crippen LogP) is 17.5. The summed E-state index contributed by atoms with van der Waals surface area (Å²) in [6.45, 7) is 0. The van der Waals surface area contributed by atoms with Crippen molar-refractivity contribution in [3.63, 3.8) is 0 Å². The van der Waals surface area contributed by atoms with Gasteiger partial charge in [-0.05, 0) is 124 Å². The summed E-state index contributed by atoms with van der Waals surface area (Å²) in [5.74, 6) is 0. The number of aromatic nitrogens is 4. The molecule has 0 saturated heterocycles. The number of nitrogens with zero attached hydrogens (tertiary/aromatic N) is 5. The molecule has 0 N–H and O–H groups in total. The van der Waals surface area contributed by atoms with E-state index in [1.807, 2.05) is 0 Å². The molecule has 0 spiro atoms. The number of fused-ring (bicyclic) bond motifs is 9. The third-order valence-corrected chi connectivity index (χ3v) is 14.5. The van der Waals surface area contributed by atoms with Gasteiger partial charge in [-0.25, -0.2) is 0 Å². The molecule has 3 heterocycles. The lowest BCUT2D eigenvalue weighted by Gasteiger charge is -2.27. The van der Waals surface area contributed by atoms with E-state index in [0.717, 1.165) is 56.2 Å². The van der Waals surface area contributed by atoms with E-state index in [9.17, 15) is 0 Å². The minimum Gasteiger partial charge on any atom is -0.309 e. The molecule has 0 unspecified atom stereocenters. The third kappa shape index (κ3) is 6.45. The highest BCUT2D eigenvalue weighted by Gasteiger charge is 2.22. The van der Waals surface area contributed by atoms with Gasteiger partial charge >= 0.3 is 0 Å². The van der Waals surface area contributed by atoms with Crippen molar-refractivity contribution in [3.8, 4) is 44.8 Å². The van der Waals surface area contributed by atoms with Crippen LogP contribution in [0.15, 0.2) is 249 Å². The Labute approximate surface area is 408 Å². The molecule has 0 amide bonds. The van der Waals surface area contributed by atoms with Crippen molar-refractivity contribution in [2.75, 3.05) is 4.90 Å². The molecule has 0 aliphatic heterocycles. The second-order valence-corrected chi connectivity index (χ2v) is 18.4. The largest absolute Gasteiger partial charge is 0.309 e. The van der Waals surface area contributed by atoms with Crippen LogP contribution in [0.3, 0.4) is 0 Å². The van der Waals surface area contributed by atoms with Gasteiger partial charge in [0.25, 0.3) is 0 Å². The minimum absolute atomic E-state index is 0.851. The Morgan fingerprint density at radius 3 is 1.64 bits per heavy atom. The maximum Gasteiger partial charge on any atom is 0.129 e. The molecule has 0 saturated carbocycles. The molecule has 6 heteroatoms. The van der Waals surface area contributed by atoms with Gasteiger partial charge in [-0.2, -0.15) is 8.75 Å². The quantitative estimate of drug-likeness (QED) is 0.152. The first-order chi connectivity index (χ1) is 34.7. The van der Waals surface area contributed by atoms with Crippen LogP contribution in [0.4, 0.5) is 17.1 Å². The van der Waals surface area contributed by atoms with Gasteiger partial charge in [-0.3, -0.25) is 0 Å². The molecule has 14 aromatic rings. The van der Waals surface area contributed by atoms with Crippen LogP contribution in [-0.2, 0) is 0 Å². The molecule has 0 bridgehead atoms. The monoisotopic (exact) mass is 911 g/mol. The van der Waals surface area contributed by atoms with Crippen LogP contribution < -0.4 is 4.90 Å². The molecule has 0 aliphatic rings. The number of benzene rings is 11. The van der Waals surface area contributed by atoms with Gasteiger partial charge in [0.1, 0.15) is 11.0 Å². The van der Waals surface area contributed by atoms with E-state index in [4.69, 9.17) is 8.75 Å². The van der Waals surface area contributed by atoms with Crippen LogP contribution in [0.2, 0.25) is 0 Å². The molecule has 5 nitrogen and oxygen atoms in total. The second-order valence-electron chi connectivity index (χ2n) is 17.9. The van der Waals surface area contributed by atoms with Crippen LogP contribution in [0, 0.1) is 0 Å². The number of hydrogen-bond donors (Lipinski definition) is 0. The topological polar surface area (TPSA) is 38.9 Å². The molecule has 70 heavy (non-hydrogen) atoms. The van der Waals surface area contributed by atoms with Crippen LogP contribution >= 0.6 is 11.7 Å². The van der Waals surface area contributed by atoms with Crippen molar-refractivity contribution < 1.29 is 0 Å². The van der Waals surface area contributed by atoms with Crippen LogP contribution in [0.1, 0.15) is 0 Å². The van der Waals surface area contributed by atoms with Crippen LogP contribution in [0.5, 0.6) is 0 Å². The van der Waals surface area contributed by atoms with Crippen molar-refractivity contribution in [3.05, 3.63) is 249 Å². The van der Waals surface area contributed by atoms with Gasteiger partial charge < -0.3 is 14.0 Å². The first-order valence-corrected chi connectivity index (χ1v) is 24.4. The highest BCUT2D eigenvalue weighted by atomic mass is 32.1. The van der Waals surface area contributed by atoms with Crippen LogP contribution in [0.25, 0.3) is 110 Å². The minimum atomic E-state index is 0.851. The second kappa shape index (κ2) is 16.3. The summed E-state index contributed by atoms with van der Waals surface area (Å²) in [4.78, 5) is 2.33. The Bertz CT molecular complexity index is 4230. The third-order valence-electron chi connectivity index (χ3n) is 14.0. The highest BCUT2D eigenvalue weighted by Crippen LogP contribution is 2.44. The number of rotatable bonds is 8. The zero-order chi connectivity index (χ0) is 46.1. The van der Waals surface area contributed by atoms with E-state index in [1.165, 1.54) is 82.8 Å². The molecule has 0 atom stereocenters. The van der Waals surface area contributed by atoms with Crippen LogP contribution in [-0.4, -0.2) is 17.9 Å². The summed E-state index contributed by atoms with van der Waals surface area (Å²) in [7, 11) is 0. The Balaban J connectivity index is 0.893. The van der Waals surface area contributed by atoms with Crippen molar-refractivity contribution in [2.45, 2.75) is 0 Å². The fourth-order valence-corrected chi connectivity index (χ4v) is 11.3. The van der Waals surface area contributed by atoms with E-state index in [2.05, 4.69) is 263 Å². The lowest BCUT2D eigenvalue weighted by molar-refractivity contribution is 1.17. The zero-order valence-corrected chi connectivity index (χ0v) is 38.6.